The second-order valence-corrected chi connectivity index (χ2v) is 6.59. The molecule has 0 saturated heterocycles. The van der Waals surface area contributed by atoms with Gasteiger partial charge < -0.3 is 5.32 Å². The highest BCUT2D eigenvalue weighted by atomic mass is 127. The van der Waals surface area contributed by atoms with Crippen LogP contribution in [0.15, 0.2) is 24.7 Å². The first kappa shape index (κ1) is 18.2. The summed E-state index contributed by atoms with van der Waals surface area (Å²) in [4.78, 5) is 15.9. The fourth-order valence-electron chi connectivity index (χ4n) is 1.83. The molecule has 0 radical (unpaired) electrons. The number of halogens is 4. The molecular weight excluding hydrogens is 438 g/mol. The van der Waals surface area contributed by atoms with E-state index in [0.717, 1.165) is 9.77 Å². The molecule has 10 heteroatoms. The van der Waals surface area contributed by atoms with Gasteiger partial charge in [0.1, 0.15) is 11.6 Å². The first-order valence-electron chi connectivity index (χ1n) is 6.55. The lowest BCUT2D eigenvalue weighted by atomic mass is 10.0. The van der Waals surface area contributed by atoms with Crippen LogP contribution in [0.25, 0.3) is 0 Å². The zero-order valence-electron chi connectivity index (χ0n) is 12.5. The predicted molar refractivity (Wildman–Crippen MR) is 86.8 cm³/mol. The maximum absolute atomic E-state index is 12.9. The average molecular weight is 449 g/mol. The van der Waals surface area contributed by atoms with Crippen LogP contribution in [0.4, 0.5) is 18.9 Å². The predicted octanol–water partition coefficient (Wildman–Crippen LogP) is 3.15. The van der Waals surface area contributed by atoms with E-state index in [2.05, 4.69) is 15.4 Å². The molecule has 0 aliphatic heterocycles. The van der Waals surface area contributed by atoms with Crippen LogP contribution in [0.5, 0.6) is 0 Å². The van der Waals surface area contributed by atoms with E-state index in [1.807, 2.05) is 22.6 Å². The van der Waals surface area contributed by atoms with Gasteiger partial charge in [-0.2, -0.15) is 23.5 Å². The second-order valence-electron chi connectivity index (χ2n) is 5.35. The maximum Gasteiger partial charge on any atom is 0.419 e. The molecule has 0 unspecified atom stereocenters. The third kappa shape index (κ3) is 3.66. The molecule has 2 heterocycles. The Morgan fingerprint density at radius 2 is 2.04 bits per heavy atom. The molecule has 0 fully saturated rings. The highest BCUT2D eigenvalue weighted by molar-refractivity contribution is 14.1. The third-order valence-electron chi connectivity index (χ3n) is 3.24. The summed E-state index contributed by atoms with van der Waals surface area (Å²) in [5.41, 5.74) is -3.23. The Labute approximate surface area is 148 Å². The molecule has 1 amide bonds. The number of nitriles is 1. The van der Waals surface area contributed by atoms with Gasteiger partial charge in [0, 0.05) is 6.20 Å². The molecule has 6 nitrogen and oxygen atoms in total. The normalized spacial score (nSPS) is 11.9. The van der Waals surface area contributed by atoms with E-state index in [-0.39, 0.29) is 5.69 Å². The number of hydrogen-bond donors (Lipinski definition) is 1. The highest BCUT2D eigenvalue weighted by Crippen LogP contribution is 2.32. The van der Waals surface area contributed by atoms with Crippen LogP contribution in [0.3, 0.4) is 0 Å². The number of carbonyl (C=O) groups is 1. The van der Waals surface area contributed by atoms with Gasteiger partial charge in [0.05, 0.1) is 27.2 Å². The summed E-state index contributed by atoms with van der Waals surface area (Å²) < 4.78 is 41.0. The number of nitrogens with one attached hydrogen (secondary N) is 1. The third-order valence-corrected chi connectivity index (χ3v) is 3.79. The zero-order chi connectivity index (χ0) is 18.1. The Hall–Kier alpha value is -2.16. The Bertz CT molecular complexity index is 823. The van der Waals surface area contributed by atoms with Crippen molar-refractivity contribution in [1.82, 2.24) is 14.8 Å². The maximum atomic E-state index is 12.9. The van der Waals surface area contributed by atoms with Gasteiger partial charge in [-0.1, -0.05) is 0 Å². The van der Waals surface area contributed by atoms with E-state index in [1.54, 1.807) is 26.2 Å². The van der Waals surface area contributed by atoms with E-state index in [4.69, 9.17) is 5.26 Å². The van der Waals surface area contributed by atoms with Gasteiger partial charge in [0.25, 0.3) is 5.91 Å². The lowest BCUT2D eigenvalue weighted by Gasteiger charge is -2.24. The molecule has 2 aromatic heterocycles. The van der Waals surface area contributed by atoms with E-state index in [0.29, 0.717) is 6.07 Å². The topological polar surface area (TPSA) is 83.6 Å². The van der Waals surface area contributed by atoms with Gasteiger partial charge in [0.15, 0.2) is 5.69 Å². The Balaban J connectivity index is 2.31. The molecule has 0 atom stereocenters. The summed E-state index contributed by atoms with van der Waals surface area (Å²) in [6.45, 7) is 3.15. The summed E-state index contributed by atoms with van der Waals surface area (Å²) in [7, 11) is 0. The van der Waals surface area contributed by atoms with Crippen LogP contribution < -0.4 is 5.32 Å². The first-order chi connectivity index (χ1) is 11.1. The van der Waals surface area contributed by atoms with Crippen molar-refractivity contribution in [1.29, 1.82) is 5.26 Å². The van der Waals surface area contributed by atoms with Gasteiger partial charge >= 0.3 is 6.18 Å². The van der Waals surface area contributed by atoms with Crippen LogP contribution in [-0.4, -0.2) is 20.7 Å². The van der Waals surface area contributed by atoms with Gasteiger partial charge in [-0.15, -0.1) is 0 Å². The molecular formula is C14H11F3IN5O. The van der Waals surface area contributed by atoms with E-state index in [9.17, 15) is 18.0 Å². The van der Waals surface area contributed by atoms with Crippen molar-refractivity contribution >= 4 is 34.2 Å². The lowest BCUT2D eigenvalue weighted by Crippen LogP contribution is -2.40. The van der Waals surface area contributed by atoms with Crippen LogP contribution in [0.2, 0.25) is 0 Å². The summed E-state index contributed by atoms with van der Waals surface area (Å²) in [5, 5.41) is 15.1. The number of amides is 1. The summed E-state index contributed by atoms with van der Waals surface area (Å²) in [6, 6.07) is 2.07. The molecule has 2 rings (SSSR count). The minimum atomic E-state index is -4.74. The molecule has 0 spiro atoms. The SMILES string of the molecule is CC(C)(C(=O)Nc1cnc(C#N)c(C(F)(F)F)c1)n1cc(I)cn1. The van der Waals surface area contributed by atoms with Gasteiger partial charge in [0.2, 0.25) is 0 Å². The number of rotatable bonds is 3. The van der Waals surface area contributed by atoms with E-state index < -0.39 is 28.9 Å². The summed E-state index contributed by atoms with van der Waals surface area (Å²) >= 11 is 2.03. The molecule has 2 aromatic rings. The van der Waals surface area contributed by atoms with Crippen molar-refractivity contribution in [3.8, 4) is 6.07 Å². The number of alkyl halides is 3. The molecule has 1 N–H and O–H groups in total. The van der Waals surface area contributed by atoms with E-state index >= 15 is 0 Å². The molecule has 0 aromatic carbocycles. The Morgan fingerprint density at radius 1 is 1.38 bits per heavy atom. The number of anilines is 1. The minimum absolute atomic E-state index is 0.152. The molecule has 0 aliphatic rings. The van der Waals surface area contributed by atoms with Crippen LogP contribution in [-0.2, 0) is 16.5 Å². The average Bonchev–Trinajstić information content (AvgIpc) is 2.93. The summed E-state index contributed by atoms with van der Waals surface area (Å²) in [5.74, 6) is -0.568. The van der Waals surface area contributed by atoms with Gasteiger partial charge in [-0.3, -0.25) is 9.48 Å². The molecule has 126 valence electrons. The second kappa shape index (κ2) is 6.39. The zero-order valence-corrected chi connectivity index (χ0v) is 14.7. The largest absolute Gasteiger partial charge is 0.419 e. The smallest absolute Gasteiger partial charge is 0.323 e. The van der Waals surface area contributed by atoms with E-state index in [1.165, 1.54) is 10.8 Å². The number of hydrogen-bond acceptors (Lipinski definition) is 4. The van der Waals surface area contributed by atoms with Crippen LogP contribution in [0, 0.1) is 14.9 Å². The van der Waals surface area contributed by atoms with Crippen molar-refractivity contribution in [2.75, 3.05) is 5.32 Å². The van der Waals surface area contributed by atoms with Crippen molar-refractivity contribution in [2.45, 2.75) is 25.6 Å². The standard InChI is InChI=1S/C14H11F3IN5O/c1-13(2,23-7-8(18)5-21-23)12(24)22-9-3-10(14(15,16)17)11(4-19)20-6-9/h3,5-7H,1-2H3,(H,22,24). The number of aromatic nitrogens is 3. The quantitative estimate of drug-likeness (QED) is 0.731. The van der Waals surface area contributed by atoms with Crippen LogP contribution in [0.1, 0.15) is 25.1 Å². The number of nitrogens with zero attached hydrogens (tertiary/aromatic N) is 4. The van der Waals surface area contributed by atoms with Crippen molar-refractivity contribution < 1.29 is 18.0 Å². The molecule has 0 bridgehead atoms. The Kier molecular flexibility index (Phi) is 4.84. The van der Waals surface area contributed by atoms with Gasteiger partial charge in [-0.25, -0.2) is 4.98 Å². The fraction of sp³-hybridized carbons (Fsp3) is 0.286. The molecule has 0 saturated carbocycles. The minimum Gasteiger partial charge on any atom is -0.323 e. The number of carbonyl (C=O) groups excluding carboxylic acids is 1. The highest BCUT2D eigenvalue weighted by Gasteiger charge is 2.36. The van der Waals surface area contributed by atoms with Crippen molar-refractivity contribution in [2.24, 2.45) is 0 Å². The van der Waals surface area contributed by atoms with Crippen molar-refractivity contribution in [3.63, 3.8) is 0 Å². The first-order valence-corrected chi connectivity index (χ1v) is 7.63. The molecule has 0 aliphatic carbocycles. The fourth-order valence-corrected chi connectivity index (χ4v) is 2.22. The Morgan fingerprint density at radius 3 is 2.54 bits per heavy atom. The lowest BCUT2D eigenvalue weighted by molar-refractivity contribution is -0.138. The molecule has 24 heavy (non-hydrogen) atoms. The van der Waals surface area contributed by atoms with Crippen LogP contribution >= 0.6 is 22.6 Å². The summed E-state index contributed by atoms with van der Waals surface area (Å²) in [6.07, 6.45) is -0.542. The number of pyridine rings is 1. The van der Waals surface area contributed by atoms with Gasteiger partial charge in [-0.05, 0) is 42.5 Å². The van der Waals surface area contributed by atoms with Crippen molar-refractivity contribution in [3.05, 3.63) is 39.5 Å². The monoisotopic (exact) mass is 449 g/mol.